The Balaban J connectivity index is 1.85. The monoisotopic (exact) mass is 510 g/mol. The van der Waals surface area contributed by atoms with Crippen molar-refractivity contribution < 1.29 is 22.4 Å². The number of carbonyl (C=O) groups excluding carboxylic acids is 2. The summed E-state index contributed by atoms with van der Waals surface area (Å²) in [7, 11) is -4.21. The maximum Gasteiger partial charge on any atom is 0.264 e. The van der Waals surface area contributed by atoms with E-state index in [0.717, 1.165) is 11.1 Å². The minimum Gasteiger partial charge on any atom is -0.309 e. The Labute approximate surface area is 212 Å². The molecule has 3 aromatic carbocycles. The average molecular weight is 511 g/mol. The third-order valence-corrected chi connectivity index (χ3v) is 7.05. The van der Waals surface area contributed by atoms with E-state index in [1.54, 1.807) is 26.0 Å². The molecule has 190 valence electrons. The fraction of sp³-hybridized carbons (Fsp3) is 0.286. The quantitative estimate of drug-likeness (QED) is 0.391. The fourth-order valence-electron chi connectivity index (χ4n) is 3.96. The van der Waals surface area contributed by atoms with Crippen LogP contribution >= 0.6 is 0 Å². The smallest absolute Gasteiger partial charge is 0.264 e. The SMILES string of the molecule is CC(C)CC(C(=O)NS(=O)(=O)c1ccc(-c2ccccc2)cc1)C(=O)N(c1ccc(F)cc1)C(C)C. The summed E-state index contributed by atoms with van der Waals surface area (Å²) in [6, 6.07) is 20.7. The average Bonchev–Trinajstić information content (AvgIpc) is 2.84. The minimum atomic E-state index is -4.21. The van der Waals surface area contributed by atoms with Gasteiger partial charge in [0, 0.05) is 11.7 Å². The van der Waals surface area contributed by atoms with E-state index in [-0.39, 0.29) is 23.3 Å². The van der Waals surface area contributed by atoms with Crippen LogP contribution in [0, 0.1) is 17.7 Å². The molecule has 0 radical (unpaired) electrons. The van der Waals surface area contributed by atoms with Crippen LogP contribution in [0.2, 0.25) is 0 Å². The molecule has 2 amide bonds. The highest BCUT2D eigenvalue weighted by molar-refractivity contribution is 7.90. The summed E-state index contributed by atoms with van der Waals surface area (Å²) >= 11 is 0. The normalized spacial score (nSPS) is 12.4. The standard InChI is InChI=1S/C28H31FN2O4S/c1-19(2)18-26(28(33)31(20(3)4)24-14-12-23(29)13-15-24)27(32)30-36(34,35)25-16-10-22(11-17-25)21-8-6-5-7-9-21/h5-17,19-20,26H,18H2,1-4H3,(H,30,32). The lowest BCUT2D eigenvalue weighted by Crippen LogP contribution is -2.48. The Hall–Kier alpha value is -3.52. The van der Waals surface area contributed by atoms with E-state index >= 15 is 0 Å². The van der Waals surface area contributed by atoms with Crippen LogP contribution in [-0.2, 0) is 19.6 Å². The van der Waals surface area contributed by atoms with E-state index in [1.807, 2.05) is 44.2 Å². The summed E-state index contributed by atoms with van der Waals surface area (Å²) in [5.41, 5.74) is 2.19. The molecule has 8 heteroatoms. The molecule has 3 rings (SSSR count). The van der Waals surface area contributed by atoms with Gasteiger partial charge in [-0.15, -0.1) is 0 Å². The van der Waals surface area contributed by atoms with Crippen molar-refractivity contribution in [3.05, 3.63) is 84.7 Å². The lowest BCUT2D eigenvalue weighted by molar-refractivity contribution is -0.133. The van der Waals surface area contributed by atoms with E-state index in [4.69, 9.17) is 0 Å². The number of hydrogen-bond acceptors (Lipinski definition) is 4. The highest BCUT2D eigenvalue weighted by atomic mass is 32.2. The summed E-state index contributed by atoms with van der Waals surface area (Å²) in [5.74, 6) is -3.18. The Bertz CT molecular complexity index is 1290. The molecule has 0 aliphatic heterocycles. The highest BCUT2D eigenvalue weighted by Crippen LogP contribution is 2.25. The van der Waals surface area contributed by atoms with Gasteiger partial charge in [0.2, 0.25) is 11.8 Å². The summed E-state index contributed by atoms with van der Waals surface area (Å²) in [5, 5.41) is 0. The number of hydrogen-bond donors (Lipinski definition) is 1. The Morgan fingerprint density at radius 3 is 1.92 bits per heavy atom. The minimum absolute atomic E-state index is 0.0557. The molecule has 0 saturated heterocycles. The second-order valence-electron chi connectivity index (χ2n) is 9.32. The van der Waals surface area contributed by atoms with Gasteiger partial charge in [0.1, 0.15) is 11.7 Å². The second kappa shape index (κ2) is 11.5. The molecule has 0 aromatic heterocycles. The fourth-order valence-corrected chi connectivity index (χ4v) is 4.98. The van der Waals surface area contributed by atoms with E-state index in [1.165, 1.54) is 41.3 Å². The third-order valence-electron chi connectivity index (χ3n) is 5.69. The number of rotatable bonds is 9. The maximum absolute atomic E-state index is 13.5. The zero-order valence-corrected chi connectivity index (χ0v) is 21.6. The van der Waals surface area contributed by atoms with Crippen LogP contribution in [0.5, 0.6) is 0 Å². The first-order valence-corrected chi connectivity index (χ1v) is 13.3. The van der Waals surface area contributed by atoms with E-state index in [9.17, 15) is 22.4 Å². The van der Waals surface area contributed by atoms with Gasteiger partial charge in [-0.3, -0.25) is 9.59 Å². The van der Waals surface area contributed by atoms with E-state index in [2.05, 4.69) is 4.72 Å². The van der Waals surface area contributed by atoms with Gasteiger partial charge in [0.25, 0.3) is 10.0 Å². The molecule has 0 aliphatic rings. The number of halogens is 1. The highest BCUT2D eigenvalue weighted by Gasteiger charge is 2.35. The van der Waals surface area contributed by atoms with Crippen LogP contribution in [0.15, 0.2) is 83.8 Å². The Morgan fingerprint density at radius 2 is 1.39 bits per heavy atom. The molecular formula is C28H31FN2O4S. The van der Waals surface area contributed by atoms with Crippen molar-refractivity contribution in [3.63, 3.8) is 0 Å². The van der Waals surface area contributed by atoms with Crippen molar-refractivity contribution in [3.8, 4) is 11.1 Å². The molecule has 1 N–H and O–H groups in total. The summed E-state index contributed by atoms with van der Waals surface area (Å²) in [4.78, 5) is 28.1. The van der Waals surface area contributed by atoms with Crippen molar-refractivity contribution in [2.45, 2.75) is 45.1 Å². The lowest BCUT2D eigenvalue weighted by atomic mass is 9.94. The van der Waals surface area contributed by atoms with Gasteiger partial charge in [-0.2, -0.15) is 0 Å². The molecule has 0 bridgehead atoms. The zero-order chi connectivity index (χ0) is 26.5. The van der Waals surface area contributed by atoms with Crippen molar-refractivity contribution in [2.75, 3.05) is 4.90 Å². The first kappa shape index (κ1) is 27.1. The molecule has 0 spiro atoms. The van der Waals surface area contributed by atoms with Gasteiger partial charge >= 0.3 is 0 Å². The molecule has 36 heavy (non-hydrogen) atoms. The van der Waals surface area contributed by atoms with Gasteiger partial charge in [-0.25, -0.2) is 17.5 Å². The molecular weight excluding hydrogens is 479 g/mol. The first-order chi connectivity index (χ1) is 17.0. The van der Waals surface area contributed by atoms with Gasteiger partial charge in [-0.1, -0.05) is 56.3 Å². The Kier molecular flexibility index (Phi) is 8.63. The van der Waals surface area contributed by atoms with E-state index in [0.29, 0.717) is 5.69 Å². The number of benzene rings is 3. The molecule has 0 saturated carbocycles. The largest absolute Gasteiger partial charge is 0.309 e. The topological polar surface area (TPSA) is 83.5 Å². The zero-order valence-electron chi connectivity index (χ0n) is 20.8. The van der Waals surface area contributed by atoms with Gasteiger partial charge in [0.15, 0.2) is 0 Å². The maximum atomic E-state index is 13.5. The van der Waals surface area contributed by atoms with Crippen molar-refractivity contribution in [1.82, 2.24) is 4.72 Å². The van der Waals surface area contributed by atoms with Crippen LogP contribution in [0.1, 0.15) is 34.1 Å². The van der Waals surface area contributed by atoms with Crippen molar-refractivity contribution in [1.29, 1.82) is 0 Å². The number of anilines is 1. The van der Waals surface area contributed by atoms with Gasteiger partial charge in [-0.05, 0) is 73.7 Å². The number of nitrogens with one attached hydrogen (secondary N) is 1. The molecule has 0 fully saturated rings. The number of nitrogens with zero attached hydrogens (tertiary/aromatic N) is 1. The summed E-state index contributed by atoms with van der Waals surface area (Å²) in [6.07, 6.45) is 0.150. The van der Waals surface area contributed by atoms with Crippen molar-refractivity contribution in [2.24, 2.45) is 11.8 Å². The molecule has 0 heterocycles. The molecule has 1 unspecified atom stereocenters. The Morgan fingerprint density at radius 1 is 0.833 bits per heavy atom. The number of sulfonamides is 1. The third kappa shape index (κ3) is 6.57. The van der Waals surface area contributed by atoms with Crippen LogP contribution in [-0.4, -0.2) is 26.3 Å². The number of amides is 2. The van der Waals surface area contributed by atoms with E-state index < -0.39 is 33.6 Å². The van der Waals surface area contributed by atoms with Crippen molar-refractivity contribution >= 4 is 27.5 Å². The number of carbonyl (C=O) groups is 2. The van der Waals surface area contributed by atoms with Crippen LogP contribution in [0.4, 0.5) is 10.1 Å². The molecule has 3 aromatic rings. The first-order valence-electron chi connectivity index (χ1n) is 11.8. The lowest BCUT2D eigenvalue weighted by Gasteiger charge is -2.31. The van der Waals surface area contributed by atoms with Gasteiger partial charge < -0.3 is 4.90 Å². The van der Waals surface area contributed by atoms with Crippen LogP contribution in [0.3, 0.4) is 0 Å². The summed E-state index contributed by atoms with van der Waals surface area (Å²) < 4.78 is 41.6. The second-order valence-corrected chi connectivity index (χ2v) is 11.0. The molecule has 6 nitrogen and oxygen atoms in total. The predicted molar refractivity (Wildman–Crippen MR) is 139 cm³/mol. The predicted octanol–water partition coefficient (Wildman–Crippen LogP) is 5.40. The summed E-state index contributed by atoms with van der Waals surface area (Å²) in [6.45, 7) is 7.25. The molecule has 0 aliphatic carbocycles. The van der Waals surface area contributed by atoms with Crippen LogP contribution < -0.4 is 9.62 Å². The van der Waals surface area contributed by atoms with Gasteiger partial charge in [0.05, 0.1) is 4.90 Å². The van der Waals surface area contributed by atoms with Crippen LogP contribution in [0.25, 0.3) is 11.1 Å². The molecule has 1 atom stereocenters.